The van der Waals surface area contributed by atoms with Gasteiger partial charge in [0, 0.05) is 12.1 Å². The number of benzene rings is 4. The number of amides is 1. The molecule has 0 aromatic heterocycles. The highest BCUT2D eigenvalue weighted by atomic mass is 16.5. The molecule has 0 bridgehead atoms. The zero-order valence-electron chi connectivity index (χ0n) is 21.5. The van der Waals surface area contributed by atoms with Gasteiger partial charge < -0.3 is 23.8 Å². The second-order valence-corrected chi connectivity index (χ2v) is 8.41. The van der Waals surface area contributed by atoms with Crippen molar-refractivity contribution in [1.29, 1.82) is 0 Å². The number of carbonyl (C=O) groups is 1. The molecular weight excluding hydrogens is 466 g/mol. The van der Waals surface area contributed by atoms with E-state index < -0.39 is 5.92 Å². The number of rotatable bonds is 10. The Labute approximate surface area is 218 Å². The summed E-state index contributed by atoms with van der Waals surface area (Å²) in [5.41, 5.74) is 3.40. The maximum atomic E-state index is 14.5. The van der Waals surface area contributed by atoms with Crippen molar-refractivity contribution in [2.75, 3.05) is 33.3 Å². The van der Waals surface area contributed by atoms with Crippen molar-refractivity contribution in [2.24, 2.45) is 0 Å². The Morgan fingerprint density at radius 3 is 1.62 bits per heavy atom. The van der Waals surface area contributed by atoms with Crippen molar-refractivity contribution in [3.05, 3.63) is 114 Å². The first-order chi connectivity index (χ1) is 18.1. The minimum Gasteiger partial charge on any atom is -0.497 e. The predicted octanol–water partition coefficient (Wildman–Crippen LogP) is 6.09. The molecule has 0 saturated heterocycles. The number of methoxy groups -OCH3 is 4. The van der Waals surface area contributed by atoms with E-state index in [-0.39, 0.29) is 5.91 Å². The molecule has 0 aliphatic heterocycles. The molecule has 0 unspecified atom stereocenters. The predicted molar refractivity (Wildman–Crippen MR) is 145 cm³/mol. The third-order valence-electron chi connectivity index (χ3n) is 6.24. The monoisotopic (exact) mass is 497 g/mol. The van der Waals surface area contributed by atoms with Crippen molar-refractivity contribution in [3.63, 3.8) is 0 Å². The lowest BCUT2D eigenvalue weighted by atomic mass is 9.89. The van der Waals surface area contributed by atoms with E-state index in [9.17, 15) is 4.79 Å². The first-order valence-electron chi connectivity index (χ1n) is 11.9. The van der Waals surface area contributed by atoms with E-state index in [1.165, 1.54) is 0 Å². The van der Waals surface area contributed by atoms with Crippen molar-refractivity contribution >= 4 is 11.6 Å². The van der Waals surface area contributed by atoms with Crippen LogP contribution in [0.3, 0.4) is 0 Å². The molecule has 0 N–H and O–H groups in total. The molecule has 0 heterocycles. The van der Waals surface area contributed by atoms with Crippen LogP contribution in [0, 0.1) is 0 Å². The summed E-state index contributed by atoms with van der Waals surface area (Å²) in [4.78, 5) is 16.3. The number of carbonyl (C=O) groups excluding carboxylic acids is 1. The molecule has 0 aliphatic carbocycles. The van der Waals surface area contributed by atoms with Crippen LogP contribution in [-0.4, -0.2) is 34.3 Å². The third-order valence-corrected chi connectivity index (χ3v) is 6.24. The van der Waals surface area contributed by atoms with E-state index in [0.717, 1.165) is 22.4 Å². The largest absolute Gasteiger partial charge is 0.497 e. The van der Waals surface area contributed by atoms with Crippen LogP contribution in [0.1, 0.15) is 22.6 Å². The Morgan fingerprint density at radius 1 is 0.676 bits per heavy atom. The Bertz CT molecular complexity index is 1240. The molecule has 0 radical (unpaired) electrons. The van der Waals surface area contributed by atoms with Gasteiger partial charge in [-0.2, -0.15) is 0 Å². The van der Waals surface area contributed by atoms with Gasteiger partial charge in [-0.3, -0.25) is 4.79 Å². The van der Waals surface area contributed by atoms with Crippen LogP contribution >= 0.6 is 0 Å². The van der Waals surface area contributed by atoms with Gasteiger partial charge in [-0.05, 0) is 28.8 Å². The molecular formula is C31H31NO5. The molecule has 37 heavy (non-hydrogen) atoms. The number of anilines is 1. The average Bonchev–Trinajstić information content (AvgIpc) is 2.96. The summed E-state index contributed by atoms with van der Waals surface area (Å²) in [6.07, 6.45) is 0. The summed E-state index contributed by atoms with van der Waals surface area (Å²) in [7, 11) is 6.31. The Kier molecular flexibility index (Phi) is 8.31. The molecule has 0 spiro atoms. The van der Waals surface area contributed by atoms with Gasteiger partial charge in [0.1, 0.15) is 5.75 Å². The van der Waals surface area contributed by atoms with E-state index in [1.54, 1.807) is 45.5 Å². The molecule has 6 heteroatoms. The highest BCUT2D eigenvalue weighted by Gasteiger charge is 2.30. The van der Waals surface area contributed by atoms with Crippen LogP contribution in [0.5, 0.6) is 23.0 Å². The average molecular weight is 498 g/mol. The highest BCUT2D eigenvalue weighted by Crippen LogP contribution is 2.42. The van der Waals surface area contributed by atoms with Gasteiger partial charge in [0.25, 0.3) is 0 Å². The second kappa shape index (κ2) is 12.0. The molecule has 0 fully saturated rings. The van der Waals surface area contributed by atoms with Crippen LogP contribution in [-0.2, 0) is 11.3 Å². The Balaban J connectivity index is 1.86. The topological polar surface area (TPSA) is 57.2 Å². The molecule has 0 aliphatic rings. The molecule has 1 amide bonds. The highest BCUT2D eigenvalue weighted by molar-refractivity contribution is 6.00. The number of hydrogen-bond donors (Lipinski definition) is 0. The fourth-order valence-corrected chi connectivity index (χ4v) is 4.36. The van der Waals surface area contributed by atoms with Crippen LogP contribution in [0.2, 0.25) is 0 Å². The Hall–Kier alpha value is -4.45. The van der Waals surface area contributed by atoms with E-state index in [4.69, 9.17) is 18.9 Å². The molecule has 190 valence electrons. The third kappa shape index (κ3) is 5.70. The minimum atomic E-state index is -0.514. The molecule has 4 aromatic rings. The van der Waals surface area contributed by atoms with Gasteiger partial charge in [0.05, 0.1) is 46.6 Å². The molecule has 0 atom stereocenters. The fraction of sp³-hybridized carbons (Fsp3) is 0.194. The van der Waals surface area contributed by atoms with Gasteiger partial charge in [-0.1, -0.05) is 72.8 Å². The lowest BCUT2D eigenvalue weighted by Crippen LogP contribution is -2.35. The van der Waals surface area contributed by atoms with Crippen LogP contribution in [0.15, 0.2) is 97.1 Å². The lowest BCUT2D eigenvalue weighted by molar-refractivity contribution is -0.119. The van der Waals surface area contributed by atoms with E-state index in [0.29, 0.717) is 29.5 Å². The molecule has 6 nitrogen and oxygen atoms in total. The second-order valence-electron chi connectivity index (χ2n) is 8.41. The quantitative estimate of drug-likeness (QED) is 0.266. The normalized spacial score (nSPS) is 10.6. The molecule has 4 rings (SSSR count). The minimum absolute atomic E-state index is 0.0810. The van der Waals surface area contributed by atoms with Crippen molar-refractivity contribution in [2.45, 2.75) is 12.5 Å². The van der Waals surface area contributed by atoms with Crippen molar-refractivity contribution in [1.82, 2.24) is 0 Å². The lowest BCUT2D eigenvalue weighted by Gasteiger charge is -2.29. The summed E-state index contributed by atoms with van der Waals surface area (Å²) in [6.45, 7) is 0.331. The van der Waals surface area contributed by atoms with Crippen LogP contribution < -0.4 is 23.8 Å². The summed E-state index contributed by atoms with van der Waals surface area (Å²) < 4.78 is 22.0. The first-order valence-corrected chi connectivity index (χ1v) is 11.9. The number of ether oxygens (including phenoxy) is 4. The summed E-state index contributed by atoms with van der Waals surface area (Å²) in [5, 5.41) is 0. The number of hydrogen-bond acceptors (Lipinski definition) is 5. The van der Waals surface area contributed by atoms with Crippen LogP contribution in [0.25, 0.3) is 0 Å². The summed E-state index contributed by atoms with van der Waals surface area (Å²) in [6, 6.07) is 30.9. The van der Waals surface area contributed by atoms with Gasteiger partial charge in [0.15, 0.2) is 11.5 Å². The molecule has 4 aromatic carbocycles. The Morgan fingerprint density at radius 2 is 1.19 bits per heavy atom. The maximum Gasteiger partial charge on any atom is 0.239 e. The SMILES string of the molecule is COc1ccc(CN(C(=O)C(c2ccccc2)c2ccccc2)c2cc(OC)c(OC)c(OC)c2)cc1. The van der Waals surface area contributed by atoms with Crippen molar-refractivity contribution in [3.8, 4) is 23.0 Å². The van der Waals surface area contributed by atoms with Gasteiger partial charge in [-0.25, -0.2) is 0 Å². The van der Waals surface area contributed by atoms with Gasteiger partial charge in [-0.15, -0.1) is 0 Å². The first kappa shape index (κ1) is 25.6. The van der Waals surface area contributed by atoms with E-state index in [1.807, 2.05) is 84.9 Å². The standard InChI is InChI=1S/C31H31NO5/c1-34-26-17-15-22(16-18-26)21-32(25-19-27(35-2)30(37-4)28(20-25)36-3)31(33)29(23-11-7-5-8-12-23)24-13-9-6-10-14-24/h5-20,29H,21H2,1-4H3. The van der Waals surface area contributed by atoms with Gasteiger partial charge in [0.2, 0.25) is 11.7 Å². The van der Waals surface area contributed by atoms with Crippen LogP contribution in [0.4, 0.5) is 5.69 Å². The maximum absolute atomic E-state index is 14.5. The smallest absolute Gasteiger partial charge is 0.239 e. The van der Waals surface area contributed by atoms with E-state index in [2.05, 4.69) is 0 Å². The fourth-order valence-electron chi connectivity index (χ4n) is 4.36. The summed E-state index contributed by atoms with van der Waals surface area (Å²) in [5.74, 6) is 1.57. The zero-order valence-corrected chi connectivity index (χ0v) is 21.5. The van der Waals surface area contributed by atoms with E-state index >= 15 is 0 Å². The number of nitrogens with zero attached hydrogens (tertiary/aromatic N) is 1. The summed E-state index contributed by atoms with van der Waals surface area (Å²) >= 11 is 0. The molecule has 0 saturated carbocycles. The van der Waals surface area contributed by atoms with Crippen molar-refractivity contribution < 1.29 is 23.7 Å². The van der Waals surface area contributed by atoms with Gasteiger partial charge >= 0.3 is 0 Å². The zero-order chi connectivity index (χ0) is 26.2.